The summed E-state index contributed by atoms with van der Waals surface area (Å²) in [5.41, 5.74) is 4.19. The third-order valence-corrected chi connectivity index (χ3v) is 5.64. The van der Waals surface area contributed by atoms with Gasteiger partial charge in [-0.15, -0.1) is 0 Å². The van der Waals surface area contributed by atoms with E-state index in [-0.39, 0.29) is 17.2 Å². The molecule has 0 radical (unpaired) electrons. The first-order valence-corrected chi connectivity index (χ1v) is 10.3. The summed E-state index contributed by atoms with van der Waals surface area (Å²) < 4.78 is 0. The van der Waals surface area contributed by atoms with Crippen LogP contribution in [0.5, 0.6) is 0 Å². The number of fused-ring (bicyclic) bond motifs is 2. The molecule has 0 fully saturated rings. The zero-order chi connectivity index (χ0) is 22.3. The van der Waals surface area contributed by atoms with Crippen LogP contribution in [0.25, 0.3) is 10.9 Å². The minimum absolute atomic E-state index is 0.0287. The normalized spacial score (nSPS) is 14.5. The Morgan fingerprint density at radius 2 is 1.94 bits per heavy atom. The van der Waals surface area contributed by atoms with Gasteiger partial charge >= 0.3 is 0 Å². The molecule has 0 spiro atoms. The predicted molar refractivity (Wildman–Crippen MR) is 124 cm³/mol. The van der Waals surface area contributed by atoms with Crippen molar-refractivity contribution in [1.82, 2.24) is 15.2 Å². The van der Waals surface area contributed by atoms with Crippen molar-refractivity contribution in [3.63, 3.8) is 0 Å². The summed E-state index contributed by atoms with van der Waals surface area (Å²) in [6.07, 6.45) is 3.81. The fourth-order valence-corrected chi connectivity index (χ4v) is 4.04. The van der Waals surface area contributed by atoms with E-state index in [2.05, 4.69) is 31.1 Å². The lowest BCUT2D eigenvalue weighted by Gasteiger charge is -2.32. The van der Waals surface area contributed by atoms with Crippen LogP contribution in [0.4, 0.5) is 22.9 Å². The minimum atomic E-state index is -0.301. The highest BCUT2D eigenvalue weighted by Gasteiger charge is 2.32. The number of pyridine rings is 1. The van der Waals surface area contributed by atoms with E-state index < -0.39 is 0 Å². The second-order valence-electron chi connectivity index (χ2n) is 8.52. The van der Waals surface area contributed by atoms with Crippen molar-refractivity contribution in [3.05, 3.63) is 72.1 Å². The molecule has 3 heterocycles. The molecule has 5 rings (SSSR count). The molecule has 8 nitrogen and oxygen atoms in total. The molecule has 0 unspecified atom stereocenters. The van der Waals surface area contributed by atoms with Crippen molar-refractivity contribution < 1.29 is 9.59 Å². The maximum atomic E-state index is 13.1. The van der Waals surface area contributed by atoms with E-state index in [0.717, 1.165) is 27.8 Å². The van der Waals surface area contributed by atoms with Gasteiger partial charge in [0, 0.05) is 40.5 Å². The Hall–Kier alpha value is -4.20. The second-order valence-corrected chi connectivity index (χ2v) is 8.52. The maximum absolute atomic E-state index is 13.1. The number of aromatic amines is 1. The quantitative estimate of drug-likeness (QED) is 0.382. The standard InChI is InChI=1S/C24H22N6O2/c1-24(2)12-21(31)29-20-11-16(7-8-18(20)24)28-23(32)17-4-3-9-25-22(17)27-15-6-5-14-13-26-30-19(14)10-15/h3-11,13H,12H2,1-2H3,(H,25,27)(H,26,30)(H,28,32)(H,29,31). The van der Waals surface area contributed by atoms with Crippen LogP contribution >= 0.6 is 0 Å². The Balaban J connectivity index is 1.40. The van der Waals surface area contributed by atoms with Crippen LogP contribution < -0.4 is 16.0 Å². The number of benzene rings is 2. The lowest BCUT2D eigenvalue weighted by molar-refractivity contribution is -0.117. The molecule has 0 atom stereocenters. The predicted octanol–water partition coefficient (Wildman–Crippen LogP) is 4.57. The Bertz CT molecular complexity index is 1360. The maximum Gasteiger partial charge on any atom is 0.259 e. The molecule has 32 heavy (non-hydrogen) atoms. The van der Waals surface area contributed by atoms with Gasteiger partial charge in [-0.05, 0) is 48.0 Å². The van der Waals surface area contributed by atoms with Gasteiger partial charge in [0.2, 0.25) is 5.91 Å². The molecule has 2 aromatic carbocycles. The fourth-order valence-electron chi connectivity index (χ4n) is 4.04. The Kier molecular flexibility index (Phi) is 4.62. The van der Waals surface area contributed by atoms with Crippen molar-refractivity contribution >= 4 is 45.6 Å². The summed E-state index contributed by atoms with van der Waals surface area (Å²) in [4.78, 5) is 29.5. The molecule has 2 aromatic heterocycles. The Morgan fingerprint density at radius 1 is 1.09 bits per heavy atom. The highest BCUT2D eigenvalue weighted by molar-refractivity contribution is 6.08. The Labute approximate surface area is 184 Å². The van der Waals surface area contributed by atoms with Crippen molar-refractivity contribution in [3.8, 4) is 0 Å². The van der Waals surface area contributed by atoms with Crippen LogP contribution in [0.2, 0.25) is 0 Å². The van der Waals surface area contributed by atoms with Crippen LogP contribution in [0, 0.1) is 0 Å². The van der Waals surface area contributed by atoms with Crippen LogP contribution in [0.1, 0.15) is 36.2 Å². The van der Waals surface area contributed by atoms with Crippen molar-refractivity contribution in [1.29, 1.82) is 0 Å². The van der Waals surface area contributed by atoms with Crippen LogP contribution in [0.3, 0.4) is 0 Å². The first-order valence-electron chi connectivity index (χ1n) is 10.3. The molecular formula is C24H22N6O2. The highest BCUT2D eigenvalue weighted by Crippen LogP contribution is 2.38. The molecule has 0 bridgehead atoms. The number of anilines is 4. The topological polar surface area (TPSA) is 112 Å². The number of hydrogen-bond donors (Lipinski definition) is 4. The van der Waals surface area contributed by atoms with E-state index in [1.807, 2.05) is 44.2 Å². The van der Waals surface area contributed by atoms with E-state index in [4.69, 9.17) is 0 Å². The highest BCUT2D eigenvalue weighted by atomic mass is 16.2. The third-order valence-electron chi connectivity index (χ3n) is 5.64. The van der Waals surface area contributed by atoms with Gasteiger partial charge in [-0.2, -0.15) is 5.10 Å². The van der Waals surface area contributed by atoms with E-state index in [0.29, 0.717) is 23.5 Å². The molecular weight excluding hydrogens is 404 g/mol. The lowest BCUT2D eigenvalue weighted by Crippen LogP contribution is -2.32. The number of rotatable bonds is 4. The van der Waals surface area contributed by atoms with Gasteiger partial charge in [0.05, 0.1) is 17.3 Å². The number of H-pyrrole nitrogens is 1. The fraction of sp³-hybridized carbons (Fsp3) is 0.167. The molecule has 1 aliphatic heterocycles. The lowest BCUT2D eigenvalue weighted by atomic mass is 9.78. The van der Waals surface area contributed by atoms with Gasteiger partial charge in [-0.3, -0.25) is 14.7 Å². The summed E-state index contributed by atoms with van der Waals surface area (Å²) in [6, 6.07) is 14.8. The Morgan fingerprint density at radius 3 is 2.81 bits per heavy atom. The van der Waals surface area contributed by atoms with Gasteiger partial charge in [0.15, 0.2) is 0 Å². The first kappa shape index (κ1) is 19.7. The van der Waals surface area contributed by atoms with Gasteiger partial charge in [-0.25, -0.2) is 4.98 Å². The largest absolute Gasteiger partial charge is 0.340 e. The number of carbonyl (C=O) groups excluding carboxylic acids is 2. The SMILES string of the molecule is CC1(C)CC(=O)Nc2cc(NC(=O)c3cccnc3Nc3ccc4cn[nH]c4c3)ccc21. The third kappa shape index (κ3) is 3.66. The molecule has 2 amide bonds. The van der Waals surface area contributed by atoms with E-state index >= 15 is 0 Å². The molecule has 1 aliphatic rings. The van der Waals surface area contributed by atoms with Crippen LogP contribution in [0.15, 0.2) is 60.9 Å². The second kappa shape index (κ2) is 7.49. The number of amides is 2. The van der Waals surface area contributed by atoms with Gasteiger partial charge in [0.25, 0.3) is 5.91 Å². The van der Waals surface area contributed by atoms with Crippen molar-refractivity contribution in [2.75, 3.05) is 16.0 Å². The van der Waals surface area contributed by atoms with E-state index in [1.165, 1.54) is 0 Å². The van der Waals surface area contributed by atoms with Crippen LogP contribution in [-0.2, 0) is 10.2 Å². The molecule has 4 N–H and O–H groups in total. The number of aromatic nitrogens is 3. The summed E-state index contributed by atoms with van der Waals surface area (Å²) in [5.74, 6) is 0.111. The van der Waals surface area contributed by atoms with Gasteiger partial charge < -0.3 is 16.0 Å². The average Bonchev–Trinajstić information content (AvgIpc) is 3.21. The zero-order valence-corrected chi connectivity index (χ0v) is 17.7. The summed E-state index contributed by atoms with van der Waals surface area (Å²) in [7, 11) is 0. The van der Waals surface area contributed by atoms with Crippen molar-refractivity contribution in [2.24, 2.45) is 0 Å². The monoisotopic (exact) mass is 426 g/mol. The zero-order valence-electron chi connectivity index (χ0n) is 17.7. The number of nitrogens with zero attached hydrogens (tertiary/aromatic N) is 2. The summed E-state index contributed by atoms with van der Waals surface area (Å²) >= 11 is 0. The average molecular weight is 426 g/mol. The van der Waals surface area contributed by atoms with E-state index in [1.54, 1.807) is 30.6 Å². The van der Waals surface area contributed by atoms with Crippen molar-refractivity contribution in [2.45, 2.75) is 25.7 Å². The van der Waals surface area contributed by atoms with Gasteiger partial charge in [0.1, 0.15) is 5.82 Å². The molecule has 4 aromatic rings. The molecule has 0 saturated carbocycles. The first-order chi connectivity index (χ1) is 15.4. The smallest absolute Gasteiger partial charge is 0.259 e. The van der Waals surface area contributed by atoms with Crippen LogP contribution in [-0.4, -0.2) is 27.0 Å². The number of carbonyl (C=O) groups is 2. The summed E-state index contributed by atoms with van der Waals surface area (Å²) in [6.45, 7) is 4.08. The minimum Gasteiger partial charge on any atom is -0.340 e. The number of nitrogens with one attached hydrogen (secondary N) is 4. The molecule has 160 valence electrons. The molecule has 0 saturated heterocycles. The molecule has 8 heteroatoms. The van der Waals surface area contributed by atoms with E-state index in [9.17, 15) is 9.59 Å². The van der Waals surface area contributed by atoms with Gasteiger partial charge in [-0.1, -0.05) is 19.9 Å². The summed E-state index contributed by atoms with van der Waals surface area (Å²) in [5, 5.41) is 17.0. The molecule has 0 aliphatic carbocycles. The number of hydrogen-bond acceptors (Lipinski definition) is 5.